The van der Waals surface area contributed by atoms with Crippen LogP contribution < -0.4 is 5.32 Å². The summed E-state index contributed by atoms with van der Waals surface area (Å²) >= 11 is 0. The fourth-order valence-electron chi connectivity index (χ4n) is 2.83. The van der Waals surface area contributed by atoms with E-state index in [9.17, 15) is 14.4 Å². The van der Waals surface area contributed by atoms with E-state index < -0.39 is 0 Å². The van der Waals surface area contributed by atoms with Crippen LogP contribution in [0.15, 0.2) is 24.6 Å². The van der Waals surface area contributed by atoms with Crippen molar-refractivity contribution in [3.05, 3.63) is 24.6 Å². The molecule has 0 saturated carbocycles. The van der Waals surface area contributed by atoms with Crippen LogP contribution in [0.2, 0.25) is 0 Å². The van der Waals surface area contributed by atoms with Gasteiger partial charge in [-0.1, -0.05) is 39.2 Å². The number of methoxy groups -OCH3 is 1. The van der Waals surface area contributed by atoms with E-state index in [4.69, 9.17) is 11.2 Å². The topological polar surface area (TPSA) is 75.7 Å². The first kappa shape index (κ1) is 32.6. The number of likely N-dealkylation sites (N-methyl/N-ethyl adjacent to an activating group) is 1. The number of allylic oxidation sites excluding steroid dienone is 1. The van der Waals surface area contributed by atoms with Gasteiger partial charge in [-0.15, -0.1) is 18.9 Å². The second-order valence-electron chi connectivity index (χ2n) is 8.16. The molecular weight excluding hydrogens is 416 g/mol. The van der Waals surface area contributed by atoms with E-state index >= 15 is 0 Å². The van der Waals surface area contributed by atoms with Gasteiger partial charge in [0.2, 0.25) is 5.91 Å². The third kappa shape index (κ3) is 22.4. The van der Waals surface area contributed by atoms with Gasteiger partial charge in [0, 0.05) is 38.4 Å². The lowest BCUT2D eigenvalue weighted by atomic mass is 10.1. The number of hydrogen-bond donors (Lipinski definition) is 1. The van der Waals surface area contributed by atoms with Gasteiger partial charge in [-0.25, -0.2) is 0 Å². The SMILES string of the molecule is C#CCCCCCC(=O)NCCCC.C=CCCCC[C@@H](C)C=O.COC1=CC(=O)CN1C. The predicted molar refractivity (Wildman–Crippen MR) is 136 cm³/mol. The summed E-state index contributed by atoms with van der Waals surface area (Å²) in [6.07, 6.45) is 20.7. The molecule has 1 rings (SSSR count). The molecule has 0 unspecified atom stereocenters. The normalized spacial score (nSPS) is 12.8. The van der Waals surface area contributed by atoms with E-state index in [0.717, 1.165) is 70.6 Å². The summed E-state index contributed by atoms with van der Waals surface area (Å²) in [5.41, 5.74) is 0. The van der Waals surface area contributed by atoms with E-state index in [1.807, 2.05) is 20.0 Å². The van der Waals surface area contributed by atoms with Crippen LogP contribution in [0, 0.1) is 18.3 Å². The monoisotopic (exact) mass is 462 g/mol. The number of aldehydes is 1. The van der Waals surface area contributed by atoms with Crippen molar-refractivity contribution >= 4 is 18.0 Å². The zero-order valence-electron chi connectivity index (χ0n) is 21.4. The second kappa shape index (κ2) is 24.1. The van der Waals surface area contributed by atoms with Gasteiger partial charge in [0.1, 0.15) is 6.29 Å². The number of ether oxygens (including phenoxy) is 1. The standard InChI is InChI=1S/C12H21NO.C9H16O.C6H9NO2/c1-3-5-7-8-9-10-12(14)13-11-6-4-2;1-3-4-5-6-7-9(2)8-10;1-7-4-5(8)3-6(7)9-2/h1H,4-11H2,2H3,(H,13,14);3,8-9H,1,4-7H2,2H3;3H,4H2,1-2H3/t;9-;/m.1./s1. The molecule has 0 aromatic rings. The Hall–Kier alpha value is -2.55. The zero-order chi connectivity index (χ0) is 25.3. The molecular formula is C27H46N2O4. The van der Waals surface area contributed by atoms with E-state index in [0.29, 0.717) is 18.8 Å². The molecule has 0 saturated heterocycles. The molecule has 6 nitrogen and oxygen atoms in total. The van der Waals surface area contributed by atoms with Crippen molar-refractivity contribution in [2.75, 3.05) is 27.2 Å². The quantitative estimate of drug-likeness (QED) is 0.160. The van der Waals surface area contributed by atoms with E-state index in [2.05, 4.69) is 24.7 Å². The summed E-state index contributed by atoms with van der Waals surface area (Å²) in [7, 11) is 3.38. The van der Waals surface area contributed by atoms with Crippen LogP contribution in [0.1, 0.15) is 84.5 Å². The number of unbranched alkanes of at least 4 members (excludes halogenated alkanes) is 6. The van der Waals surface area contributed by atoms with Gasteiger partial charge < -0.3 is 19.7 Å². The van der Waals surface area contributed by atoms with Gasteiger partial charge in [0.25, 0.3) is 0 Å². The Morgan fingerprint density at radius 3 is 2.52 bits per heavy atom. The van der Waals surface area contributed by atoms with E-state index in [-0.39, 0.29) is 17.6 Å². The van der Waals surface area contributed by atoms with Crippen LogP contribution in [-0.4, -0.2) is 50.1 Å². The number of amides is 1. The van der Waals surface area contributed by atoms with Gasteiger partial charge in [-0.3, -0.25) is 9.59 Å². The van der Waals surface area contributed by atoms with Crippen LogP contribution in [-0.2, 0) is 19.1 Å². The smallest absolute Gasteiger partial charge is 0.219 e. The first-order valence-electron chi connectivity index (χ1n) is 12.1. The van der Waals surface area contributed by atoms with Gasteiger partial charge >= 0.3 is 0 Å². The Morgan fingerprint density at radius 2 is 2.03 bits per heavy atom. The molecule has 1 aliphatic rings. The summed E-state index contributed by atoms with van der Waals surface area (Å²) < 4.78 is 4.86. The molecule has 1 atom stereocenters. The van der Waals surface area contributed by atoms with Crippen molar-refractivity contribution in [2.24, 2.45) is 5.92 Å². The van der Waals surface area contributed by atoms with Crippen molar-refractivity contribution < 1.29 is 19.1 Å². The molecule has 6 heteroatoms. The van der Waals surface area contributed by atoms with Gasteiger partial charge in [0.05, 0.1) is 13.7 Å². The summed E-state index contributed by atoms with van der Waals surface area (Å²) in [6, 6.07) is 0. The van der Waals surface area contributed by atoms with Gasteiger partial charge in [-0.2, -0.15) is 0 Å². The summed E-state index contributed by atoms with van der Waals surface area (Å²) in [4.78, 5) is 33.7. The van der Waals surface area contributed by atoms with Crippen molar-refractivity contribution in [1.82, 2.24) is 10.2 Å². The fraction of sp³-hybridized carbons (Fsp3) is 0.667. The molecule has 1 aliphatic heterocycles. The van der Waals surface area contributed by atoms with Crippen molar-refractivity contribution in [2.45, 2.75) is 84.5 Å². The number of carbonyl (C=O) groups excluding carboxylic acids is 3. The van der Waals surface area contributed by atoms with Crippen LogP contribution in [0.25, 0.3) is 0 Å². The molecule has 1 heterocycles. The largest absolute Gasteiger partial charge is 0.482 e. The number of nitrogens with one attached hydrogen (secondary N) is 1. The van der Waals surface area contributed by atoms with Crippen molar-refractivity contribution in [3.8, 4) is 12.3 Å². The Balaban J connectivity index is 0. The van der Waals surface area contributed by atoms with E-state index in [1.165, 1.54) is 12.5 Å². The molecule has 0 bridgehead atoms. The highest BCUT2D eigenvalue weighted by Crippen LogP contribution is 2.08. The minimum atomic E-state index is 0.106. The number of terminal acetylenes is 1. The Kier molecular flexibility index (Phi) is 23.8. The molecule has 0 aliphatic carbocycles. The van der Waals surface area contributed by atoms with Gasteiger partial charge in [-0.05, 0) is 38.5 Å². The van der Waals surface area contributed by atoms with Crippen LogP contribution in [0.4, 0.5) is 0 Å². The molecule has 0 aromatic heterocycles. The minimum absolute atomic E-state index is 0.106. The lowest BCUT2D eigenvalue weighted by Gasteiger charge is -2.11. The number of rotatable bonds is 15. The number of hydrogen-bond acceptors (Lipinski definition) is 5. The summed E-state index contributed by atoms with van der Waals surface area (Å²) in [5.74, 6) is 3.78. The zero-order valence-corrected chi connectivity index (χ0v) is 21.4. The first-order chi connectivity index (χ1) is 15.9. The highest BCUT2D eigenvalue weighted by atomic mass is 16.5. The number of carbonyl (C=O) groups is 3. The molecule has 0 spiro atoms. The summed E-state index contributed by atoms with van der Waals surface area (Å²) in [5, 5.41) is 2.90. The predicted octanol–water partition coefficient (Wildman–Crippen LogP) is 5.04. The number of nitrogens with zero attached hydrogens (tertiary/aromatic N) is 1. The van der Waals surface area contributed by atoms with Gasteiger partial charge in [0.15, 0.2) is 11.7 Å². The van der Waals surface area contributed by atoms with E-state index in [1.54, 1.807) is 12.0 Å². The Bertz CT molecular complexity index is 608. The fourth-order valence-corrected chi connectivity index (χ4v) is 2.83. The maximum atomic E-state index is 11.2. The molecule has 0 radical (unpaired) electrons. The molecule has 188 valence electrons. The summed E-state index contributed by atoms with van der Waals surface area (Å²) in [6.45, 7) is 8.97. The Morgan fingerprint density at radius 1 is 1.30 bits per heavy atom. The number of ketones is 1. The molecule has 0 aromatic carbocycles. The second-order valence-corrected chi connectivity index (χ2v) is 8.16. The van der Waals surface area contributed by atoms with Crippen LogP contribution in [0.5, 0.6) is 0 Å². The average molecular weight is 463 g/mol. The van der Waals surface area contributed by atoms with Crippen molar-refractivity contribution in [1.29, 1.82) is 0 Å². The van der Waals surface area contributed by atoms with Crippen molar-refractivity contribution in [3.63, 3.8) is 0 Å². The highest BCUT2D eigenvalue weighted by Gasteiger charge is 2.16. The lowest BCUT2D eigenvalue weighted by Crippen LogP contribution is -2.23. The highest BCUT2D eigenvalue weighted by molar-refractivity contribution is 5.94. The average Bonchev–Trinajstić information content (AvgIpc) is 3.14. The molecule has 33 heavy (non-hydrogen) atoms. The van der Waals surface area contributed by atoms with Crippen LogP contribution >= 0.6 is 0 Å². The maximum absolute atomic E-state index is 11.2. The Labute approximate surface area is 202 Å². The third-order valence-electron chi connectivity index (χ3n) is 4.89. The molecule has 0 fully saturated rings. The van der Waals surface area contributed by atoms with Crippen LogP contribution in [0.3, 0.4) is 0 Å². The third-order valence-corrected chi connectivity index (χ3v) is 4.89. The molecule has 1 amide bonds. The minimum Gasteiger partial charge on any atom is -0.482 e. The molecule has 1 N–H and O–H groups in total. The maximum Gasteiger partial charge on any atom is 0.219 e. The first-order valence-corrected chi connectivity index (χ1v) is 12.1. The lowest BCUT2D eigenvalue weighted by molar-refractivity contribution is -0.121.